The number of benzene rings is 2. The molecule has 0 saturated heterocycles. The fourth-order valence-electron chi connectivity index (χ4n) is 1.81. The highest BCUT2D eigenvalue weighted by Gasteiger charge is 2.04. The van der Waals surface area contributed by atoms with Gasteiger partial charge in [-0.2, -0.15) is 0 Å². The summed E-state index contributed by atoms with van der Waals surface area (Å²) >= 11 is 0. The second kappa shape index (κ2) is 6.61. The molecule has 21 heavy (non-hydrogen) atoms. The summed E-state index contributed by atoms with van der Waals surface area (Å²) in [5.41, 5.74) is 1.11. The van der Waals surface area contributed by atoms with E-state index in [9.17, 15) is 9.90 Å². The summed E-state index contributed by atoms with van der Waals surface area (Å²) in [5, 5.41) is 9.82. The van der Waals surface area contributed by atoms with Crippen LogP contribution in [0.3, 0.4) is 0 Å². The minimum atomic E-state index is -0.145. The number of hydrogen-bond donors (Lipinski definition) is 1. The highest BCUT2D eigenvalue weighted by molar-refractivity contribution is 6.07. The maximum Gasteiger partial charge on any atom is 0.185 e. The van der Waals surface area contributed by atoms with Crippen molar-refractivity contribution in [2.45, 2.75) is 0 Å². The van der Waals surface area contributed by atoms with E-state index < -0.39 is 0 Å². The van der Waals surface area contributed by atoms with Gasteiger partial charge >= 0.3 is 0 Å². The van der Waals surface area contributed by atoms with Crippen molar-refractivity contribution in [2.24, 2.45) is 0 Å². The molecular weight excluding hydrogens is 268 g/mol. The maximum atomic E-state index is 12.0. The van der Waals surface area contributed by atoms with Crippen molar-refractivity contribution >= 4 is 11.9 Å². The van der Waals surface area contributed by atoms with Gasteiger partial charge in [-0.05, 0) is 48.6 Å². The Morgan fingerprint density at radius 1 is 1.00 bits per heavy atom. The van der Waals surface area contributed by atoms with Crippen LogP contribution in [0.25, 0.3) is 6.08 Å². The molecule has 4 nitrogen and oxygen atoms in total. The number of allylic oxidation sites excluding steroid dienone is 1. The van der Waals surface area contributed by atoms with Gasteiger partial charge in [0.05, 0.1) is 14.2 Å². The summed E-state index contributed by atoms with van der Waals surface area (Å²) in [4.78, 5) is 12.0. The predicted octanol–water partition coefficient (Wildman–Crippen LogP) is 3.31. The first kappa shape index (κ1) is 14.7. The molecule has 4 heteroatoms. The summed E-state index contributed by atoms with van der Waals surface area (Å²) in [6.07, 6.45) is 2.99. The number of ether oxygens (including phenoxy) is 2. The van der Waals surface area contributed by atoms with Crippen molar-refractivity contribution in [1.29, 1.82) is 0 Å². The van der Waals surface area contributed by atoms with Gasteiger partial charge in [-0.3, -0.25) is 4.79 Å². The van der Waals surface area contributed by atoms with Crippen molar-refractivity contribution in [3.8, 4) is 17.2 Å². The van der Waals surface area contributed by atoms with Gasteiger partial charge < -0.3 is 14.6 Å². The van der Waals surface area contributed by atoms with E-state index in [2.05, 4.69) is 0 Å². The smallest absolute Gasteiger partial charge is 0.185 e. The number of ketones is 1. The second-order valence-electron chi connectivity index (χ2n) is 4.35. The van der Waals surface area contributed by atoms with Crippen molar-refractivity contribution in [2.75, 3.05) is 14.2 Å². The summed E-state index contributed by atoms with van der Waals surface area (Å²) in [7, 11) is 3.10. The van der Waals surface area contributed by atoms with Crippen LogP contribution in [0.4, 0.5) is 0 Å². The Morgan fingerprint density at radius 3 is 2.19 bits per heavy atom. The van der Waals surface area contributed by atoms with Crippen LogP contribution >= 0.6 is 0 Å². The Balaban J connectivity index is 2.14. The third-order valence-electron chi connectivity index (χ3n) is 3.03. The first-order chi connectivity index (χ1) is 10.1. The van der Waals surface area contributed by atoms with E-state index in [1.165, 1.54) is 19.3 Å². The minimum absolute atomic E-state index is 0.0631. The average Bonchev–Trinajstić information content (AvgIpc) is 2.53. The molecule has 0 aliphatic rings. The first-order valence-corrected chi connectivity index (χ1v) is 6.37. The number of carbonyl (C=O) groups is 1. The molecule has 0 aromatic heterocycles. The molecule has 0 fully saturated rings. The van der Waals surface area contributed by atoms with Gasteiger partial charge in [0, 0.05) is 17.2 Å². The molecule has 2 rings (SSSR count). The van der Waals surface area contributed by atoms with Crippen LogP contribution in [0.5, 0.6) is 17.2 Å². The average molecular weight is 284 g/mol. The Morgan fingerprint density at radius 2 is 1.62 bits per heavy atom. The summed E-state index contributed by atoms with van der Waals surface area (Å²) < 4.78 is 10.0. The third-order valence-corrected chi connectivity index (χ3v) is 3.03. The Hall–Kier alpha value is -2.75. The fourth-order valence-corrected chi connectivity index (χ4v) is 1.81. The first-order valence-electron chi connectivity index (χ1n) is 6.37. The van der Waals surface area contributed by atoms with Crippen LogP contribution in [-0.2, 0) is 0 Å². The Labute approximate surface area is 123 Å². The predicted molar refractivity (Wildman–Crippen MR) is 81.0 cm³/mol. The minimum Gasteiger partial charge on any atom is -0.507 e. The van der Waals surface area contributed by atoms with Gasteiger partial charge in [0.25, 0.3) is 0 Å². The van der Waals surface area contributed by atoms with Crippen LogP contribution in [0.1, 0.15) is 15.9 Å². The van der Waals surface area contributed by atoms with Gasteiger partial charge in [0.15, 0.2) is 5.78 Å². The summed E-state index contributed by atoms with van der Waals surface area (Å²) in [6.45, 7) is 0. The van der Waals surface area contributed by atoms with Crippen LogP contribution < -0.4 is 9.47 Å². The summed E-state index contributed by atoms with van der Waals surface area (Å²) in [5.74, 6) is 1.18. The Bertz CT molecular complexity index is 657. The normalized spacial score (nSPS) is 10.6. The number of phenols is 1. The van der Waals surface area contributed by atoms with E-state index in [4.69, 9.17) is 9.47 Å². The zero-order valence-electron chi connectivity index (χ0n) is 11.9. The maximum absolute atomic E-state index is 12.0. The second-order valence-corrected chi connectivity index (χ2v) is 4.35. The topological polar surface area (TPSA) is 55.8 Å². The third kappa shape index (κ3) is 3.63. The Kier molecular flexibility index (Phi) is 4.61. The van der Waals surface area contributed by atoms with E-state index >= 15 is 0 Å². The molecule has 0 unspecified atom stereocenters. The summed E-state index contributed by atoms with van der Waals surface area (Å²) in [6, 6.07) is 11.7. The number of methoxy groups -OCH3 is 2. The highest BCUT2D eigenvalue weighted by Crippen LogP contribution is 2.24. The molecule has 0 aliphatic carbocycles. The van der Waals surface area contributed by atoms with Gasteiger partial charge in [-0.1, -0.05) is 0 Å². The van der Waals surface area contributed by atoms with Crippen molar-refractivity contribution in [3.63, 3.8) is 0 Å². The molecule has 1 N–H and O–H groups in total. The zero-order valence-corrected chi connectivity index (χ0v) is 11.9. The van der Waals surface area contributed by atoms with E-state index in [-0.39, 0.29) is 11.5 Å². The number of aromatic hydroxyl groups is 1. The van der Waals surface area contributed by atoms with Crippen molar-refractivity contribution in [1.82, 2.24) is 0 Å². The van der Waals surface area contributed by atoms with Gasteiger partial charge in [0.2, 0.25) is 0 Å². The number of hydrogen-bond acceptors (Lipinski definition) is 4. The number of carbonyl (C=O) groups excluding carboxylic acids is 1. The molecule has 0 atom stereocenters. The van der Waals surface area contributed by atoms with Crippen LogP contribution in [-0.4, -0.2) is 25.1 Å². The van der Waals surface area contributed by atoms with Crippen molar-refractivity contribution in [3.05, 3.63) is 59.7 Å². The molecule has 108 valence electrons. The molecule has 0 spiro atoms. The molecule has 0 heterocycles. The SMILES string of the molecule is COc1ccc(C(=O)/C=C\c2ccc(OC)cc2O)cc1. The molecule has 2 aromatic rings. The van der Waals surface area contributed by atoms with Gasteiger partial charge in [-0.15, -0.1) is 0 Å². The molecule has 0 radical (unpaired) electrons. The molecule has 0 bridgehead atoms. The quantitative estimate of drug-likeness (QED) is 0.676. The fraction of sp³-hybridized carbons (Fsp3) is 0.118. The lowest BCUT2D eigenvalue weighted by atomic mass is 10.1. The highest BCUT2D eigenvalue weighted by atomic mass is 16.5. The zero-order chi connectivity index (χ0) is 15.2. The standard InChI is InChI=1S/C17H16O4/c1-20-14-7-3-12(4-8-14)16(18)10-6-13-5-9-15(21-2)11-17(13)19/h3-11,19H,1-2H3/b10-6-. The lowest BCUT2D eigenvalue weighted by molar-refractivity contribution is 0.104. The molecule has 0 aliphatic heterocycles. The number of phenolic OH excluding ortho intramolecular Hbond substituents is 1. The lowest BCUT2D eigenvalue weighted by Gasteiger charge is -2.03. The van der Waals surface area contributed by atoms with Gasteiger partial charge in [0.1, 0.15) is 17.2 Å². The van der Waals surface area contributed by atoms with E-state index in [0.717, 1.165) is 0 Å². The molecular formula is C17H16O4. The van der Waals surface area contributed by atoms with Crippen molar-refractivity contribution < 1.29 is 19.4 Å². The lowest BCUT2D eigenvalue weighted by Crippen LogP contribution is -1.94. The monoisotopic (exact) mass is 284 g/mol. The largest absolute Gasteiger partial charge is 0.507 e. The molecule has 2 aromatic carbocycles. The van der Waals surface area contributed by atoms with Crippen LogP contribution in [0, 0.1) is 0 Å². The van der Waals surface area contributed by atoms with Crippen LogP contribution in [0.2, 0.25) is 0 Å². The van der Waals surface area contributed by atoms with Gasteiger partial charge in [-0.25, -0.2) is 0 Å². The van der Waals surface area contributed by atoms with E-state index in [0.29, 0.717) is 22.6 Å². The number of rotatable bonds is 5. The molecule has 0 saturated carbocycles. The van der Waals surface area contributed by atoms with Crippen LogP contribution in [0.15, 0.2) is 48.5 Å². The van der Waals surface area contributed by atoms with E-state index in [1.54, 1.807) is 49.6 Å². The van der Waals surface area contributed by atoms with E-state index in [1.807, 2.05) is 0 Å². The molecule has 0 amide bonds.